The monoisotopic (exact) mass is 470 g/mol. The Morgan fingerprint density at radius 2 is 1.91 bits per heavy atom. The Bertz CT molecular complexity index is 1290. The van der Waals surface area contributed by atoms with Crippen LogP contribution >= 0.6 is 0 Å². The van der Waals surface area contributed by atoms with Gasteiger partial charge in [-0.05, 0) is 75.1 Å². The summed E-state index contributed by atoms with van der Waals surface area (Å²) in [5.41, 5.74) is 4.87. The molecule has 9 heteroatoms. The van der Waals surface area contributed by atoms with Crippen molar-refractivity contribution in [2.75, 3.05) is 38.2 Å². The standard InChI is InChI=1S/C26H30N8O/c1-2-8-33(7-1)9-3-10-34-17-22(16-29-34)20-12-24-23(27-14-20)4-5-25(30-24)31-26-13-21(15-28-32-26)19-6-11-35-18-19/h4-5,12-17,19H,1-3,6-11,18H2,(H,30,31,32). The maximum absolute atomic E-state index is 5.51. The van der Waals surface area contributed by atoms with Crippen LogP contribution in [-0.2, 0) is 11.3 Å². The summed E-state index contributed by atoms with van der Waals surface area (Å²) in [5.74, 6) is 1.77. The van der Waals surface area contributed by atoms with E-state index < -0.39 is 0 Å². The molecule has 6 heterocycles. The van der Waals surface area contributed by atoms with Crippen molar-refractivity contribution in [3.8, 4) is 11.1 Å². The Labute approximate surface area is 204 Å². The number of hydrogen-bond acceptors (Lipinski definition) is 8. The second-order valence-electron chi connectivity index (χ2n) is 9.41. The Balaban J connectivity index is 1.15. The summed E-state index contributed by atoms with van der Waals surface area (Å²) in [5, 5.41) is 16.3. The van der Waals surface area contributed by atoms with E-state index in [0.717, 1.165) is 66.9 Å². The molecule has 2 fully saturated rings. The quantitative estimate of drug-likeness (QED) is 0.413. The summed E-state index contributed by atoms with van der Waals surface area (Å²) in [7, 11) is 0. The topological polar surface area (TPSA) is 93.9 Å². The number of likely N-dealkylation sites (tertiary alicyclic amines) is 1. The van der Waals surface area contributed by atoms with Gasteiger partial charge in [-0.15, -0.1) is 5.10 Å². The van der Waals surface area contributed by atoms with Crippen molar-refractivity contribution in [3.05, 3.63) is 54.6 Å². The molecular formula is C26H30N8O. The van der Waals surface area contributed by atoms with Crippen LogP contribution in [0.4, 0.5) is 11.6 Å². The molecule has 180 valence electrons. The molecule has 2 aliphatic heterocycles. The lowest BCUT2D eigenvalue weighted by Gasteiger charge is -2.13. The molecule has 6 rings (SSSR count). The highest BCUT2D eigenvalue weighted by Gasteiger charge is 2.19. The van der Waals surface area contributed by atoms with E-state index in [1.54, 1.807) is 0 Å². The fraction of sp³-hybridized carbons (Fsp3) is 0.423. The molecule has 0 radical (unpaired) electrons. The normalized spacial score (nSPS) is 18.5. The van der Waals surface area contributed by atoms with E-state index in [1.165, 1.54) is 25.9 Å². The molecule has 0 spiro atoms. The van der Waals surface area contributed by atoms with Crippen LogP contribution in [0.15, 0.2) is 49.1 Å². The van der Waals surface area contributed by atoms with E-state index in [1.807, 2.05) is 41.5 Å². The zero-order valence-corrected chi connectivity index (χ0v) is 19.8. The van der Waals surface area contributed by atoms with Crippen LogP contribution in [0.3, 0.4) is 0 Å². The zero-order valence-electron chi connectivity index (χ0n) is 19.8. The van der Waals surface area contributed by atoms with E-state index in [9.17, 15) is 0 Å². The van der Waals surface area contributed by atoms with Gasteiger partial charge in [0, 0.05) is 42.6 Å². The van der Waals surface area contributed by atoms with Crippen LogP contribution in [0.1, 0.15) is 37.2 Å². The van der Waals surface area contributed by atoms with Crippen LogP contribution in [-0.4, -0.2) is 67.7 Å². The number of ether oxygens (including phenoxy) is 1. The number of pyridine rings is 2. The first-order chi connectivity index (χ1) is 17.3. The first kappa shape index (κ1) is 22.1. The molecule has 0 aromatic carbocycles. The summed E-state index contributed by atoms with van der Waals surface area (Å²) in [4.78, 5) is 11.9. The maximum Gasteiger partial charge on any atom is 0.154 e. The van der Waals surface area contributed by atoms with Crippen LogP contribution in [0.5, 0.6) is 0 Å². The van der Waals surface area contributed by atoms with Gasteiger partial charge in [0.2, 0.25) is 0 Å². The third-order valence-corrected chi connectivity index (χ3v) is 6.90. The maximum atomic E-state index is 5.51. The molecule has 0 bridgehead atoms. The third-order valence-electron chi connectivity index (χ3n) is 6.90. The molecule has 0 amide bonds. The number of aryl methyl sites for hydroxylation is 1. The highest BCUT2D eigenvalue weighted by Crippen LogP contribution is 2.27. The lowest BCUT2D eigenvalue weighted by atomic mass is 10.0. The molecule has 1 atom stereocenters. The van der Waals surface area contributed by atoms with Gasteiger partial charge in [-0.2, -0.15) is 10.2 Å². The minimum absolute atomic E-state index is 0.378. The molecule has 4 aromatic heterocycles. The number of nitrogens with zero attached hydrogens (tertiary/aromatic N) is 7. The minimum atomic E-state index is 0.378. The molecule has 2 aliphatic rings. The Kier molecular flexibility index (Phi) is 6.34. The van der Waals surface area contributed by atoms with Crippen molar-refractivity contribution in [1.29, 1.82) is 0 Å². The van der Waals surface area contributed by atoms with E-state index in [4.69, 9.17) is 9.72 Å². The average molecular weight is 471 g/mol. The van der Waals surface area contributed by atoms with Gasteiger partial charge in [0.25, 0.3) is 0 Å². The fourth-order valence-electron chi connectivity index (χ4n) is 4.93. The van der Waals surface area contributed by atoms with Gasteiger partial charge >= 0.3 is 0 Å². The van der Waals surface area contributed by atoms with Crippen molar-refractivity contribution >= 4 is 22.7 Å². The zero-order chi connectivity index (χ0) is 23.5. The lowest BCUT2D eigenvalue weighted by molar-refractivity contribution is 0.194. The second kappa shape index (κ2) is 10.1. The van der Waals surface area contributed by atoms with Gasteiger partial charge in [-0.1, -0.05) is 0 Å². The second-order valence-corrected chi connectivity index (χ2v) is 9.41. The Morgan fingerprint density at radius 3 is 2.80 bits per heavy atom. The highest BCUT2D eigenvalue weighted by molar-refractivity contribution is 5.81. The predicted octanol–water partition coefficient (Wildman–Crippen LogP) is 4.02. The van der Waals surface area contributed by atoms with E-state index in [0.29, 0.717) is 17.6 Å². The summed E-state index contributed by atoms with van der Waals surface area (Å²) >= 11 is 0. The Hall–Kier alpha value is -3.43. The summed E-state index contributed by atoms with van der Waals surface area (Å²) in [6, 6.07) is 7.99. The van der Waals surface area contributed by atoms with Crippen molar-refractivity contribution in [1.82, 2.24) is 34.8 Å². The first-order valence-electron chi connectivity index (χ1n) is 12.5. The van der Waals surface area contributed by atoms with Gasteiger partial charge in [-0.25, -0.2) is 4.98 Å². The number of aromatic nitrogens is 6. The number of hydrogen-bond donors (Lipinski definition) is 1. The van der Waals surface area contributed by atoms with Crippen LogP contribution in [0.2, 0.25) is 0 Å². The van der Waals surface area contributed by atoms with Crippen molar-refractivity contribution in [2.45, 2.75) is 38.1 Å². The van der Waals surface area contributed by atoms with E-state index in [2.05, 4.69) is 42.8 Å². The number of fused-ring (bicyclic) bond motifs is 1. The van der Waals surface area contributed by atoms with E-state index >= 15 is 0 Å². The lowest BCUT2D eigenvalue weighted by Crippen LogP contribution is -2.21. The molecule has 0 saturated carbocycles. The molecule has 4 aromatic rings. The highest BCUT2D eigenvalue weighted by atomic mass is 16.5. The van der Waals surface area contributed by atoms with Gasteiger partial charge in [0.05, 0.1) is 30.0 Å². The van der Waals surface area contributed by atoms with Crippen LogP contribution in [0.25, 0.3) is 22.2 Å². The van der Waals surface area contributed by atoms with E-state index in [-0.39, 0.29) is 0 Å². The third kappa shape index (κ3) is 5.16. The van der Waals surface area contributed by atoms with Crippen molar-refractivity contribution < 1.29 is 4.74 Å². The summed E-state index contributed by atoms with van der Waals surface area (Å²) < 4.78 is 7.54. The van der Waals surface area contributed by atoms with Crippen LogP contribution < -0.4 is 5.32 Å². The molecule has 2 saturated heterocycles. The first-order valence-corrected chi connectivity index (χ1v) is 12.5. The summed E-state index contributed by atoms with van der Waals surface area (Å²) in [6.45, 7) is 6.09. The molecule has 35 heavy (non-hydrogen) atoms. The predicted molar refractivity (Wildman–Crippen MR) is 135 cm³/mol. The van der Waals surface area contributed by atoms with Crippen molar-refractivity contribution in [3.63, 3.8) is 0 Å². The fourth-order valence-corrected chi connectivity index (χ4v) is 4.93. The largest absolute Gasteiger partial charge is 0.381 e. The number of anilines is 2. The van der Waals surface area contributed by atoms with Gasteiger partial charge in [0.1, 0.15) is 5.82 Å². The van der Waals surface area contributed by atoms with Gasteiger partial charge in [-0.3, -0.25) is 9.67 Å². The number of rotatable bonds is 8. The molecular weight excluding hydrogens is 440 g/mol. The molecule has 0 aliphatic carbocycles. The smallest absolute Gasteiger partial charge is 0.154 e. The minimum Gasteiger partial charge on any atom is -0.381 e. The molecule has 1 N–H and O–H groups in total. The Morgan fingerprint density at radius 1 is 0.971 bits per heavy atom. The SMILES string of the molecule is c1nc2ccc(Nc3cc(C4CCOC4)cnn3)nc2cc1-c1cnn(CCCN2CCCC2)c1. The summed E-state index contributed by atoms with van der Waals surface area (Å²) in [6.07, 6.45) is 12.5. The molecule has 1 unspecified atom stereocenters. The van der Waals surface area contributed by atoms with Crippen LogP contribution in [0, 0.1) is 0 Å². The van der Waals surface area contributed by atoms with Gasteiger partial charge < -0.3 is 15.0 Å². The molecule has 9 nitrogen and oxygen atoms in total. The average Bonchev–Trinajstić information content (AvgIpc) is 3.67. The van der Waals surface area contributed by atoms with Crippen molar-refractivity contribution in [2.24, 2.45) is 0 Å². The van der Waals surface area contributed by atoms with Gasteiger partial charge in [0.15, 0.2) is 5.82 Å². The number of nitrogens with one attached hydrogen (secondary N) is 1.